The summed E-state index contributed by atoms with van der Waals surface area (Å²) in [5, 5.41) is 13.2. The van der Waals surface area contributed by atoms with Gasteiger partial charge in [0.25, 0.3) is 5.82 Å². The second kappa shape index (κ2) is 8.35. The normalized spacial score (nSPS) is 19.0. The monoisotopic (exact) mass is 450 g/mol. The van der Waals surface area contributed by atoms with Crippen molar-refractivity contribution in [1.29, 1.82) is 0 Å². The van der Waals surface area contributed by atoms with Crippen LogP contribution in [0.2, 0.25) is 0 Å². The molecule has 5 nitrogen and oxygen atoms in total. The second-order valence-electron chi connectivity index (χ2n) is 9.27. The van der Waals surface area contributed by atoms with Crippen LogP contribution in [-0.4, -0.2) is 28.2 Å². The van der Waals surface area contributed by atoms with Crippen LogP contribution < -0.4 is 4.90 Å². The Morgan fingerprint density at radius 1 is 0.824 bits per heavy atom. The van der Waals surface area contributed by atoms with Gasteiger partial charge in [0.05, 0.1) is 13.1 Å². The molecule has 1 aliphatic heterocycles. The van der Waals surface area contributed by atoms with Gasteiger partial charge in [-0.05, 0) is 30.2 Å². The zero-order valence-corrected chi connectivity index (χ0v) is 19.2. The van der Waals surface area contributed by atoms with E-state index in [-0.39, 0.29) is 5.92 Å². The number of piperidine rings is 1. The van der Waals surface area contributed by atoms with Crippen molar-refractivity contribution in [3.8, 4) is 0 Å². The van der Waals surface area contributed by atoms with Crippen LogP contribution >= 0.6 is 0 Å². The van der Waals surface area contributed by atoms with E-state index in [1.54, 1.807) is 0 Å². The molecule has 0 unspecified atom stereocenters. The number of rotatable bonds is 4. The molecule has 34 heavy (non-hydrogen) atoms. The summed E-state index contributed by atoms with van der Waals surface area (Å²) in [6, 6.07) is 28.2. The minimum absolute atomic E-state index is 0.107. The lowest BCUT2D eigenvalue weighted by Gasteiger charge is -2.40. The van der Waals surface area contributed by atoms with E-state index in [0.717, 1.165) is 70.8 Å². The Morgan fingerprint density at radius 3 is 2.06 bits per heavy atom. The molecule has 0 aliphatic carbocycles. The van der Waals surface area contributed by atoms with E-state index >= 15 is 0 Å². The van der Waals surface area contributed by atoms with E-state index in [1.807, 2.05) is 85.8 Å². The van der Waals surface area contributed by atoms with Crippen molar-refractivity contribution in [1.82, 2.24) is 9.97 Å². The third-order valence-electron chi connectivity index (χ3n) is 7.27. The molecule has 0 radical (unpaired) electrons. The minimum Gasteiger partial charge on any atom is -0.446 e. The maximum Gasteiger partial charge on any atom is 0.273 e. The third-order valence-corrected chi connectivity index (χ3v) is 7.27. The van der Waals surface area contributed by atoms with Gasteiger partial charge < -0.3 is 9.52 Å². The number of hydrogen-bond acceptors (Lipinski definition) is 4. The summed E-state index contributed by atoms with van der Waals surface area (Å²) in [7, 11) is 0. The highest BCUT2D eigenvalue weighted by Crippen LogP contribution is 2.41. The molecule has 3 heterocycles. The van der Waals surface area contributed by atoms with E-state index < -0.39 is 5.60 Å². The molecule has 5 aromatic rings. The van der Waals surface area contributed by atoms with Gasteiger partial charge in [0, 0.05) is 24.1 Å². The first-order valence-corrected chi connectivity index (χ1v) is 12.0. The number of quaternary nitrogens is 1. The fourth-order valence-electron chi connectivity index (χ4n) is 5.59. The molecule has 0 amide bonds. The van der Waals surface area contributed by atoms with Crippen LogP contribution in [-0.2, 0) is 5.60 Å². The summed E-state index contributed by atoms with van der Waals surface area (Å²) in [5.41, 5.74) is 3.39. The van der Waals surface area contributed by atoms with Crippen LogP contribution in [0, 0.1) is 12.8 Å². The van der Waals surface area contributed by atoms with Gasteiger partial charge in [-0.3, -0.25) is 4.90 Å². The lowest BCUT2D eigenvalue weighted by molar-refractivity contribution is -0.842. The van der Waals surface area contributed by atoms with E-state index in [9.17, 15) is 5.11 Å². The quantitative estimate of drug-likeness (QED) is 0.422. The Kier molecular flexibility index (Phi) is 5.16. The number of benzene rings is 3. The molecular formula is C29H28N3O2+. The SMILES string of the molecule is Cc1nc([NH+]2CCC(C(O)(c3ccccc3)c3ccccc3)CC2)c2oc3ccccc3c2n1. The second-order valence-corrected chi connectivity index (χ2v) is 9.27. The molecule has 2 N–H and O–H groups in total. The molecule has 0 spiro atoms. The average Bonchev–Trinajstić information content (AvgIpc) is 3.27. The predicted octanol–water partition coefficient (Wildman–Crippen LogP) is 4.55. The predicted molar refractivity (Wildman–Crippen MR) is 133 cm³/mol. The Balaban J connectivity index is 1.35. The maximum absolute atomic E-state index is 12.2. The van der Waals surface area contributed by atoms with Gasteiger partial charge in [-0.1, -0.05) is 72.8 Å². The van der Waals surface area contributed by atoms with Gasteiger partial charge in [-0.25, -0.2) is 4.98 Å². The molecule has 5 heteroatoms. The highest BCUT2D eigenvalue weighted by molar-refractivity contribution is 6.04. The van der Waals surface area contributed by atoms with Crippen LogP contribution in [0.25, 0.3) is 22.1 Å². The molecular weight excluding hydrogens is 422 g/mol. The number of aryl methyl sites for hydroxylation is 1. The number of para-hydroxylation sites is 1. The zero-order chi connectivity index (χ0) is 23.1. The molecule has 170 valence electrons. The first-order chi connectivity index (χ1) is 16.6. The van der Waals surface area contributed by atoms with Gasteiger partial charge in [-0.2, -0.15) is 4.98 Å². The molecule has 6 rings (SSSR count). The van der Waals surface area contributed by atoms with Crippen molar-refractivity contribution in [2.24, 2.45) is 5.92 Å². The molecule has 1 aliphatic rings. The van der Waals surface area contributed by atoms with Crippen molar-refractivity contribution < 1.29 is 14.4 Å². The molecule has 1 saturated heterocycles. The number of hydrogen-bond donors (Lipinski definition) is 2. The summed E-state index contributed by atoms with van der Waals surface area (Å²) >= 11 is 0. The Hall–Kier alpha value is -3.54. The lowest BCUT2D eigenvalue weighted by Crippen LogP contribution is -3.09. The highest BCUT2D eigenvalue weighted by atomic mass is 16.3. The zero-order valence-electron chi connectivity index (χ0n) is 19.2. The van der Waals surface area contributed by atoms with Gasteiger partial charge in [-0.15, -0.1) is 0 Å². The van der Waals surface area contributed by atoms with Crippen molar-refractivity contribution >= 4 is 27.9 Å². The van der Waals surface area contributed by atoms with E-state index in [1.165, 1.54) is 4.90 Å². The summed E-state index contributed by atoms with van der Waals surface area (Å²) in [6.45, 7) is 3.69. The number of aliphatic hydroxyl groups is 1. The number of aromatic nitrogens is 2. The fraction of sp³-hybridized carbons (Fsp3) is 0.241. The Bertz CT molecular complexity index is 1400. The van der Waals surface area contributed by atoms with Crippen LogP contribution in [0.5, 0.6) is 0 Å². The first kappa shape index (κ1) is 21.0. The van der Waals surface area contributed by atoms with Crippen molar-refractivity contribution in [3.63, 3.8) is 0 Å². The Labute approximate surface area is 198 Å². The molecule has 3 aromatic carbocycles. The van der Waals surface area contributed by atoms with Gasteiger partial charge in [0.1, 0.15) is 22.5 Å². The van der Waals surface area contributed by atoms with Crippen LogP contribution in [0.4, 0.5) is 5.82 Å². The molecule has 0 saturated carbocycles. The van der Waals surface area contributed by atoms with E-state index in [2.05, 4.69) is 6.07 Å². The summed E-state index contributed by atoms with van der Waals surface area (Å²) in [5.74, 6) is 1.80. The average molecular weight is 451 g/mol. The standard InChI is InChI=1S/C29H27N3O2/c1-20-30-26-24-14-8-9-15-25(24)34-27(26)28(31-20)32-18-16-23(17-19-32)29(33,21-10-4-2-5-11-21)22-12-6-3-7-13-22/h2-15,23,33H,16-19H2,1H3/p+1. The molecule has 1 fully saturated rings. The largest absolute Gasteiger partial charge is 0.446 e. The van der Waals surface area contributed by atoms with Gasteiger partial charge in [0.2, 0.25) is 5.58 Å². The molecule has 2 aromatic heterocycles. The smallest absolute Gasteiger partial charge is 0.273 e. The lowest BCUT2D eigenvalue weighted by atomic mass is 9.72. The maximum atomic E-state index is 12.2. The van der Waals surface area contributed by atoms with E-state index in [0.29, 0.717) is 0 Å². The third kappa shape index (κ3) is 3.40. The van der Waals surface area contributed by atoms with Crippen molar-refractivity contribution in [2.75, 3.05) is 13.1 Å². The molecule has 0 bridgehead atoms. The number of fused-ring (bicyclic) bond motifs is 3. The van der Waals surface area contributed by atoms with E-state index in [4.69, 9.17) is 14.4 Å². The number of nitrogens with one attached hydrogen (secondary N) is 1. The number of furan rings is 1. The summed E-state index contributed by atoms with van der Waals surface area (Å²) in [4.78, 5) is 10.8. The first-order valence-electron chi connectivity index (χ1n) is 12.0. The van der Waals surface area contributed by atoms with Crippen LogP contribution in [0.15, 0.2) is 89.3 Å². The topological polar surface area (TPSA) is 63.6 Å². The van der Waals surface area contributed by atoms with Gasteiger partial charge in [0.15, 0.2) is 0 Å². The van der Waals surface area contributed by atoms with Gasteiger partial charge >= 0.3 is 0 Å². The highest BCUT2D eigenvalue weighted by Gasteiger charge is 2.43. The fourth-order valence-corrected chi connectivity index (χ4v) is 5.59. The van der Waals surface area contributed by atoms with Crippen molar-refractivity contribution in [2.45, 2.75) is 25.4 Å². The van der Waals surface area contributed by atoms with Crippen LogP contribution in [0.3, 0.4) is 0 Å². The summed E-state index contributed by atoms with van der Waals surface area (Å²) in [6.07, 6.45) is 1.75. The van der Waals surface area contributed by atoms with Crippen molar-refractivity contribution in [3.05, 3.63) is 102 Å². The minimum atomic E-state index is -1.02. The van der Waals surface area contributed by atoms with Crippen LogP contribution in [0.1, 0.15) is 29.8 Å². The summed E-state index contributed by atoms with van der Waals surface area (Å²) < 4.78 is 6.23. The number of nitrogens with zero attached hydrogens (tertiary/aromatic N) is 2. The molecule has 0 atom stereocenters. The Morgan fingerprint density at radius 2 is 1.41 bits per heavy atom.